The molecule has 78 valence electrons. The van der Waals surface area contributed by atoms with Crippen molar-refractivity contribution in [3.05, 3.63) is 30.3 Å². The Morgan fingerprint density at radius 1 is 1.21 bits per heavy atom. The maximum Gasteiger partial charge on any atom is 0.0635 e. The Bertz CT molecular complexity index is 238. The molecule has 0 fully saturated rings. The van der Waals surface area contributed by atoms with Crippen molar-refractivity contribution in [2.75, 3.05) is 12.4 Å². The highest BCUT2D eigenvalue weighted by molar-refractivity contribution is 7.99. The molecule has 1 aromatic rings. The Morgan fingerprint density at radius 2 is 1.93 bits per heavy atom. The van der Waals surface area contributed by atoms with Crippen LogP contribution in [0.2, 0.25) is 0 Å². The molecular weight excluding hydrogens is 196 g/mol. The van der Waals surface area contributed by atoms with Crippen LogP contribution in [0, 0.1) is 0 Å². The minimum absolute atomic E-state index is 0.160. The molecule has 0 radical (unpaired) electrons. The normalized spacial score (nSPS) is 12.7. The zero-order valence-corrected chi connectivity index (χ0v) is 8.91. The fraction of sp³-hybridized carbons (Fsp3) is 0.455. The summed E-state index contributed by atoms with van der Waals surface area (Å²) < 4.78 is 0. The summed E-state index contributed by atoms with van der Waals surface area (Å²) in [4.78, 5) is 1.18. The van der Waals surface area contributed by atoms with Gasteiger partial charge in [-0.2, -0.15) is 0 Å². The fourth-order valence-corrected chi connectivity index (χ4v) is 2.02. The summed E-state index contributed by atoms with van der Waals surface area (Å²) in [5.41, 5.74) is 0. The first-order valence-corrected chi connectivity index (χ1v) is 5.78. The van der Waals surface area contributed by atoms with Gasteiger partial charge in [0, 0.05) is 17.3 Å². The van der Waals surface area contributed by atoms with E-state index in [1.54, 1.807) is 11.8 Å². The van der Waals surface area contributed by atoms with Crippen LogP contribution in [0.3, 0.4) is 0 Å². The highest BCUT2D eigenvalue weighted by Crippen LogP contribution is 2.18. The van der Waals surface area contributed by atoms with E-state index in [1.807, 2.05) is 30.3 Å². The Labute approximate surface area is 89.0 Å². The molecule has 1 unspecified atom stereocenters. The zero-order valence-electron chi connectivity index (χ0n) is 8.10. The van der Waals surface area contributed by atoms with Gasteiger partial charge in [0.2, 0.25) is 0 Å². The second-order valence-corrected chi connectivity index (χ2v) is 4.24. The molecule has 0 aliphatic rings. The lowest BCUT2D eigenvalue weighted by molar-refractivity contribution is 0.171. The van der Waals surface area contributed by atoms with Gasteiger partial charge in [0.1, 0.15) is 0 Å². The number of benzene rings is 1. The average Bonchev–Trinajstić information content (AvgIpc) is 2.25. The van der Waals surface area contributed by atoms with Gasteiger partial charge in [-0.3, -0.25) is 0 Å². The number of rotatable bonds is 6. The van der Waals surface area contributed by atoms with Crippen molar-refractivity contribution >= 4 is 11.8 Å². The average molecular weight is 212 g/mol. The summed E-state index contributed by atoms with van der Waals surface area (Å²) in [6, 6.07) is 10.0. The van der Waals surface area contributed by atoms with E-state index in [0.717, 1.165) is 0 Å². The zero-order chi connectivity index (χ0) is 10.2. The maximum atomic E-state index is 9.51. The van der Waals surface area contributed by atoms with Crippen molar-refractivity contribution in [1.29, 1.82) is 0 Å². The highest BCUT2D eigenvalue weighted by atomic mass is 32.2. The molecule has 1 atom stereocenters. The summed E-state index contributed by atoms with van der Waals surface area (Å²) in [6.07, 6.45) is 1.04. The molecule has 0 aliphatic carbocycles. The predicted octanol–water partition coefficient (Wildman–Crippen LogP) is 1.91. The third-order valence-corrected chi connectivity index (χ3v) is 3.04. The second kappa shape index (κ2) is 6.87. The van der Waals surface area contributed by atoms with E-state index in [0.29, 0.717) is 18.6 Å². The molecule has 0 saturated carbocycles. The lowest BCUT2D eigenvalue weighted by Gasteiger charge is -2.08. The van der Waals surface area contributed by atoms with Gasteiger partial charge in [0.15, 0.2) is 0 Å². The third-order valence-electron chi connectivity index (χ3n) is 1.88. The second-order valence-electron chi connectivity index (χ2n) is 3.14. The number of hydrogen-bond acceptors (Lipinski definition) is 3. The first-order chi connectivity index (χ1) is 6.83. The van der Waals surface area contributed by atoms with Gasteiger partial charge in [-0.1, -0.05) is 18.2 Å². The van der Waals surface area contributed by atoms with Crippen molar-refractivity contribution < 1.29 is 10.2 Å². The fourth-order valence-electron chi connectivity index (χ4n) is 1.12. The third kappa shape index (κ3) is 4.65. The predicted molar refractivity (Wildman–Crippen MR) is 59.5 cm³/mol. The highest BCUT2D eigenvalue weighted by Gasteiger charge is 2.03. The first kappa shape index (κ1) is 11.6. The quantitative estimate of drug-likeness (QED) is 0.708. The molecule has 0 saturated heterocycles. The van der Waals surface area contributed by atoms with Crippen molar-refractivity contribution in [1.82, 2.24) is 0 Å². The van der Waals surface area contributed by atoms with Crippen LogP contribution in [0.15, 0.2) is 35.2 Å². The van der Waals surface area contributed by atoms with Crippen LogP contribution in [0.4, 0.5) is 0 Å². The minimum atomic E-state index is -0.313. The van der Waals surface area contributed by atoms with Crippen LogP contribution < -0.4 is 0 Å². The van der Waals surface area contributed by atoms with E-state index in [4.69, 9.17) is 5.11 Å². The van der Waals surface area contributed by atoms with E-state index in [9.17, 15) is 5.11 Å². The summed E-state index contributed by atoms with van der Waals surface area (Å²) >= 11 is 1.65. The molecule has 0 bridgehead atoms. The van der Waals surface area contributed by atoms with E-state index in [-0.39, 0.29) is 12.7 Å². The maximum absolute atomic E-state index is 9.51. The minimum Gasteiger partial charge on any atom is -0.396 e. The van der Waals surface area contributed by atoms with E-state index in [2.05, 4.69) is 0 Å². The van der Waals surface area contributed by atoms with Crippen molar-refractivity contribution in [3.8, 4) is 0 Å². The standard InChI is InChI=1S/C11H16O2S/c12-8-4-5-10(13)9-14-11-6-2-1-3-7-11/h1-3,6-7,10,12-13H,4-5,8-9H2. The topological polar surface area (TPSA) is 40.5 Å². The molecule has 14 heavy (non-hydrogen) atoms. The van der Waals surface area contributed by atoms with Gasteiger partial charge >= 0.3 is 0 Å². The number of aliphatic hydroxyl groups is 2. The Kier molecular flexibility index (Phi) is 5.68. The lowest BCUT2D eigenvalue weighted by atomic mass is 10.2. The van der Waals surface area contributed by atoms with Crippen LogP contribution in [-0.2, 0) is 0 Å². The Hall–Kier alpha value is -0.510. The molecule has 0 spiro atoms. The van der Waals surface area contributed by atoms with Crippen LogP contribution in [0.5, 0.6) is 0 Å². The Balaban J connectivity index is 2.20. The van der Waals surface area contributed by atoms with E-state index in [1.165, 1.54) is 4.90 Å². The van der Waals surface area contributed by atoms with Gasteiger partial charge in [-0.25, -0.2) is 0 Å². The molecule has 1 rings (SSSR count). The monoisotopic (exact) mass is 212 g/mol. The molecule has 3 heteroatoms. The molecule has 0 heterocycles. The SMILES string of the molecule is OCCCC(O)CSc1ccccc1. The summed E-state index contributed by atoms with van der Waals surface area (Å²) in [6.45, 7) is 0.160. The van der Waals surface area contributed by atoms with Crippen molar-refractivity contribution in [2.24, 2.45) is 0 Å². The van der Waals surface area contributed by atoms with E-state index >= 15 is 0 Å². The summed E-state index contributed by atoms with van der Waals surface area (Å²) in [7, 11) is 0. The number of thioether (sulfide) groups is 1. The van der Waals surface area contributed by atoms with Gasteiger partial charge in [-0.15, -0.1) is 11.8 Å². The van der Waals surface area contributed by atoms with Crippen LogP contribution in [0.25, 0.3) is 0 Å². The molecule has 0 aromatic heterocycles. The molecule has 2 nitrogen and oxygen atoms in total. The summed E-state index contributed by atoms with van der Waals surface area (Å²) in [5.74, 6) is 0.698. The smallest absolute Gasteiger partial charge is 0.0635 e. The molecule has 2 N–H and O–H groups in total. The number of hydrogen-bond donors (Lipinski definition) is 2. The van der Waals surface area contributed by atoms with Crippen molar-refractivity contribution in [3.63, 3.8) is 0 Å². The number of aliphatic hydroxyl groups excluding tert-OH is 2. The first-order valence-electron chi connectivity index (χ1n) is 4.79. The van der Waals surface area contributed by atoms with E-state index < -0.39 is 0 Å². The van der Waals surface area contributed by atoms with Gasteiger partial charge in [-0.05, 0) is 25.0 Å². The molecule has 0 aliphatic heterocycles. The van der Waals surface area contributed by atoms with Gasteiger partial charge in [0.25, 0.3) is 0 Å². The van der Waals surface area contributed by atoms with Crippen LogP contribution in [-0.4, -0.2) is 28.7 Å². The molecular formula is C11H16O2S. The molecule has 0 amide bonds. The van der Waals surface area contributed by atoms with Gasteiger partial charge < -0.3 is 10.2 Å². The van der Waals surface area contributed by atoms with Crippen LogP contribution in [0.1, 0.15) is 12.8 Å². The Morgan fingerprint density at radius 3 is 2.57 bits per heavy atom. The lowest BCUT2D eigenvalue weighted by Crippen LogP contribution is -2.10. The largest absolute Gasteiger partial charge is 0.396 e. The molecule has 1 aromatic carbocycles. The van der Waals surface area contributed by atoms with Crippen molar-refractivity contribution in [2.45, 2.75) is 23.8 Å². The van der Waals surface area contributed by atoms with Gasteiger partial charge in [0.05, 0.1) is 6.10 Å². The van der Waals surface area contributed by atoms with Crippen LogP contribution >= 0.6 is 11.8 Å². The summed E-state index contributed by atoms with van der Waals surface area (Å²) in [5, 5.41) is 18.1.